The van der Waals surface area contributed by atoms with Crippen LogP contribution in [0.25, 0.3) is 11.2 Å². The standard InChI is InChI=1S/C29H45N7OS/c1-7-11-12-21(17-20(5)10-4)24-19-29(24,6)36(30)27-25-26(31-28(32-27)38-16-9-3)35(34-33-25)22-13-14-23(18-22)37-15-8-2/h7,11-12,17,22-24H,8-10,13-16,18-19,30H2,1-6H3/b11-7+,20-17-,21-12+/t22-,23+,24+,29?/m0/s1. The number of hydrogen-bond donors (Lipinski definition) is 1. The van der Waals surface area contributed by atoms with Crippen molar-refractivity contribution in [2.45, 2.75) is 109 Å². The minimum absolute atomic E-state index is 0.224. The molecule has 2 saturated carbocycles. The Morgan fingerprint density at radius 1 is 1.24 bits per heavy atom. The Labute approximate surface area is 232 Å². The van der Waals surface area contributed by atoms with E-state index in [1.165, 1.54) is 11.1 Å². The Bertz CT molecular complexity index is 1190. The average Bonchev–Trinajstić information content (AvgIpc) is 3.23. The van der Waals surface area contributed by atoms with Gasteiger partial charge in [0.25, 0.3) is 0 Å². The van der Waals surface area contributed by atoms with Crippen molar-refractivity contribution in [1.29, 1.82) is 0 Å². The summed E-state index contributed by atoms with van der Waals surface area (Å²) in [5.41, 5.74) is 3.86. The number of hydrazine groups is 1. The van der Waals surface area contributed by atoms with Gasteiger partial charge in [0, 0.05) is 18.3 Å². The van der Waals surface area contributed by atoms with Gasteiger partial charge in [-0.15, -0.1) is 5.10 Å². The van der Waals surface area contributed by atoms with Crippen LogP contribution in [0.1, 0.15) is 92.5 Å². The van der Waals surface area contributed by atoms with E-state index < -0.39 is 0 Å². The lowest BCUT2D eigenvalue weighted by atomic mass is 10.0. The van der Waals surface area contributed by atoms with Crippen LogP contribution in [0, 0.1) is 5.92 Å². The van der Waals surface area contributed by atoms with E-state index in [1.807, 2.05) is 16.6 Å². The minimum Gasteiger partial charge on any atom is -0.378 e. The summed E-state index contributed by atoms with van der Waals surface area (Å²) in [5.74, 6) is 8.86. The second kappa shape index (κ2) is 12.7. The SMILES string of the molecule is C/C=C/C=C(\C=C(\C)CC)[C@H]1CC1(C)N(N)c1nc(SCCC)nc2c1nnn2[C@H]1CC[C@@H](OCCC)C1. The number of nitrogens with zero attached hydrogens (tertiary/aromatic N) is 6. The molecule has 2 N–H and O–H groups in total. The first-order valence-electron chi connectivity index (χ1n) is 14.3. The lowest BCUT2D eigenvalue weighted by Gasteiger charge is -2.27. The number of rotatable bonds is 13. The second-order valence-electron chi connectivity index (χ2n) is 10.9. The lowest BCUT2D eigenvalue weighted by molar-refractivity contribution is 0.0561. The Hall–Kier alpha value is -2.23. The van der Waals surface area contributed by atoms with Gasteiger partial charge in [-0.2, -0.15) is 0 Å². The molecule has 2 aromatic heterocycles. The Morgan fingerprint density at radius 3 is 2.76 bits per heavy atom. The van der Waals surface area contributed by atoms with Gasteiger partial charge >= 0.3 is 0 Å². The molecule has 8 nitrogen and oxygen atoms in total. The summed E-state index contributed by atoms with van der Waals surface area (Å²) < 4.78 is 8.04. The van der Waals surface area contributed by atoms with Gasteiger partial charge in [0.15, 0.2) is 22.1 Å². The summed E-state index contributed by atoms with van der Waals surface area (Å²) in [7, 11) is 0. The molecule has 0 radical (unpaired) electrons. The van der Waals surface area contributed by atoms with Gasteiger partial charge in [-0.05, 0) is 71.3 Å². The van der Waals surface area contributed by atoms with Gasteiger partial charge in [0.1, 0.15) is 0 Å². The van der Waals surface area contributed by atoms with Gasteiger partial charge in [-0.1, -0.05) is 67.6 Å². The van der Waals surface area contributed by atoms with Crippen LogP contribution < -0.4 is 10.9 Å². The summed E-state index contributed by atoms with van der Waals surface area (Å²) in [6, 6.07) is 0.224. The topological polar surface area (TPSA) is 95.0 Å². The van der Waals surface area contributed by atoms with E-state index in [9.17, 15) is 0 Å². The summed E-state index contributed by atoms with van der Waals surface area (Å²) in [4.78, 5) is 9.87. The zero-order valence-electron chi connectivity index (χ0n) is 24.0. The molecule has 9 heteroatoms. The predicted octanol–water partition coefficient (Wildman–Crippen LogP) is 6.56. The largest absolute Gasteiger partial charge is 0.378 e. The number of nitrogens with two attached hydrogens (primary N) is 1. The van der Waals surface area contributed by atoms with Crippen molar-refractivity contribution in [3.63, 3.8) is 0 Å². The van der Waals surface area contributed by atoms with Gasteiger partial charge in [0.05, 0.1) is 17.7 Å². The Balaban J connectivity index is 1.67. The van der Waals surface area contributed by atoms with Crippen molar-refractivity contribution >= 4 is 28.7 Å². The fourth-order valence-electron chi connectivity index (χ4n) is 5.24. The smallest absolute Gasteiger partial charge is 0.191 e. The van der Waals surface area contributed by atoms with Crippen molar-refractivity contribution in [3.05, 3.63) is 35.5 Å². The van der Waals surface area contributed by atoms with E-state index in [2.05, 4.69) is 69.2 Å². The highest BCUT2D eigenvalue weighted by molar-refractivity contribution is 7.99. The number of aromatic nitrogens is 5. The van der Waals surface area contributed by atoms with Gasteiger partial charge < -0.3 is 4.74 Å². The molecule has 2 aliphatic rings. The van der Waals surface area contributed by atoms with E-state index >= 15 is 0 Å². The molecule has 4 rings (SSSR count). The lowest BCUT2D eigenvalue weighted by Crippen LogP contribution is -2.44. The van der Waals surface area contributed by atoms with Gasteiger partial charge in [-0.25, -0.2) is 20.5 Å². The molecule has 2 fully saturated rings. The Kier molecular flexibility index (Phi) is 9.65. The molecule has 208 valence electrons. The fraction of sp³-hybridized carbons (Fsp3) is 0.655. The molecule has 2 heterocycles. The van der Waals surface area contributed by atoms with Gasteiger partial charge in [0.2, 0.25) is 0 Å². The molecular formula is C29H45N7OS. The molecule has 38 heavy (non-hydrogen) atoms. The molecule has 0 saturated heterocycles. The summed E-state index contributed by atoms with van der Waals surface area (Å²) in [6.07, 6.45) is 16.0. The minimum atomic E-state index is -0.262. The van der Waals surface area contributed by atoms with E-state index in [-0.39, 0.29) is 17.7 Å². The normalized spacial score (nSPS) is 26.1. The molecule has 0 aromatic carbocycles. The summed E-state index contributed by atoms with van der Waals surface area (Å²) in [5, 5.41) is 11.8. The summed E-state index contributed by atoms with van der Waals surface area (Å²) in [6.45, 7) is 13.8. The van der Waals surface area contributed by atoms with Crippen molar-refractivity contribution in [2.24, 2.45) is 11.8 Å². The first-order valence-corrected chi connectivity index (χ1v) is 15.3. The number of fused-ring (bicyclic) bond motifs is 1. The quantitative estimate of drug-likeness (QED) is 0.100. The van der Waals surface area contributed by atoms with Crippen molar-refractivity contribution in [1.82, 2.24) is 25.0 Å². The highest BCUT2D eigenvalue weighted by Crippen LogP contribution is 2.53. The van der Waals surface area contributed by atoms with Crippen molar-refractivity contribution in [2.75, 3.05) is 17.4 Å². The van der Waals surface area contributed by atoms with Crippen LogP contribution in [0.2, 0.25) is 0 Å². The van der Waals surface area contributed by atoms with Crippen molar-refractivity contribution < 1.29 is 4.74 Å². The molecule has 2 aromatic rings. The molecule has 0 spiro atoms. The van der Waals surface area contributed by atoms with Gasteiger partial charge in [-0.3, -0.25) is 5.01 Å². The number of ether oxygens (including phenoxy) is 1. The number of anilines is 1. The number of thioether (sulfide) groups is 1. The number of hydrogen-bond acceptors (Lipinski definition) is 8. The molecular weight excluding hydrogens is 494 g/mol. The number of allylic oxidation sites excluding steroid dienone is 5. The van der Waals surface area contributed by atoms with E-state index in [0.29, 0.717) is 17.3 Å². The van der Waals surface area contributed by atoms with E-state index in [1.54, 1.807) is 11.8 Å². The van der Waals surface area contributed by atoms with Crippen molar-refractivity contribution in [3.8, 4) is 0 Å². The second-order valence-corrected chi connectivity index (χ2v) is 11.9. The monoisotopic (exact) mass is 539 g/mol. The maximum Gasteiger partial charge on any atom is 0.191 e. The first-order chi connectivity index (χ1) is 18.4. The van der Waals surface area contributed by atoms with Crippen LogP contribution in [0.3, 0.4) is 0 Å². The molecule has 0 amide bonds. The molecule has 4 atom stereocenters. The highest BCUT2D eigenvalue weighted by Gasteiger charge is 2.56. The van der Waals surface area contributed by atoms with Crippen LogP contribution >= 0.6 is 11.8 Å². The van der Waals surface area contributed by atoms with Crippen LogP contribution in [-0.2, 0) is 4.74 Å². The highest BCUT2D eigenvalue weighted by atomic mass is 32.2. The predicted molar refractivity (Wildman–Crippen MR) is 157 cm³/mol. The fourth-order valence-corrected chi connectivity index (χ4v) is 5.93. The first kappa shape index (κ1) is 28.8. The average molecular weight is 540 g/mol. The third kappa shape index (κ3) is 6.15. The Morgan fingerprint density at radius 2 is 2.05 bits per heavy atom. The summed E-state index contributed by atoms with van der Waals surface area (Å²) >= 11 is 1.67. The van der Waals surface area contributed by atoms with E-state index in [4.69, 9.17) is 20.5 Å². The maximum absolute atomic E-state index is 6.93. The third-order valence-electron chi connectivity index (χ3n) is 7.82. The molecule has 0 aliphatic heterocycles. The maximum atomic E-state index is 6.93. The van der Waals surface area contributed by atoms with Crippen LogP contribution in [0.5, 0.6) is 0 Å². The third-order valence-corrected chi connectivity index (χ3v) is 8.87. The molecule has 2 aliphatic carbocycles. The van der Waals surface area contributed by atoms with Crippen LogP contribution in [0.15, 0.2) is 40.6 Å². The van der Waals surface area contributed by atoms with E-state index in [0.717, 1.165) is 68.1 Å². The van der Waals surface area contributed by atoms with Crippen LogP contribution in [-0.4, -0.2) is 49.0 Å². The van der Waals surface area contributed by atoms with Crippen LogP contribution in [0.4, 0.5) is 5.82 Å². The molecule has 0 bridgehead atoms. The zero-order chi connectivity index (χ0) is 27.3. The zero-order valence-corrected chi connectivity index (χ0v) is 24.8. The molecule has 1 unspecified atom stereocenters.